The molecule has 0 spiro atoms. The van der Waals surface area contributed by atoms with E-state index in [0.717, 1.165) is 11.3 Å². The molecule has 8 heteroatoms. The van der Waals surface area contributed by atoms with E-state index in [1.165, 1.54) is 15.3 Å². The summed E-state index contributed by atoms with van der Waals surface area (Å²) in [6.07, 6.45) is 3.44. The predicted octanol–water partition coefficient (Wildman–Crippen LogP) is 3.93. The Hall–Kier alpha value is -2.71. The third-order valence-electron chi connectivity index (χ3n) is 4.07. The lowest BCUT2D eigenvalue weighted by atomic mass is 10.2. The number of pyridine rings is 1. The number of azo groups is 1. The maximum atomic E-state index is 9.20. The summed E-state index contributed by atoms with van der Waals surface area (Å²) in [5.74, 6) is 0.983. The van der Waals surface area contributed by atoms with Gasteiger partial charge in [0.2, 0.25) is 5.95 Å². The predicted molar refractivity (Wildman–Crippen MR) is 108 cm³/mol. The summed E-state index contributed by atoms with van der Waals surface area (Å²) < 4.78 is 0. The average Bonchev–Trinajstić information content (AvgIpc) is 3.00. The maximum Gasteiger partial charge on any atom is 0.227 e. The van der Waals surface area contributed by atoms with Gasteiger partial charge in [-0.15, -0.1) is 16.5 Å². The first-order valence-electron chi connectivity index (χ1n) is 8.61. The van der Waals surface area contributed by atoms with Crippen LogP contribution in [0, 0.1) is 13.8 Å². The number of hydrogen-bond donors (Lipinski definition) is 1. The lowest BCUT2D eigenvalue weighted by Gasteiger charge is -2.16. The summed E-state index contributed by atoms with van der Waals surface area (Å²) in [7, 11) is 1.83. The number of rotatable bonds is 7. The van der Waals surface area contributed by atoms with E-state index in [9.17, 15) is 5.11 Å². The van der Waals surface area contributed by atoms with Crippen LogP contribution in [-0.4, -0.2) is 40.3 Å². The third-order valence-corrected chi connectivity index (χ3v) is 5.21. The minimum absolute atomic E-state index is 0.0211. The summed E-state index contributed by atoms with van der Waals surface area (Å²) in [6.45, 7) is 5.18. The zero-order valence-corrected chi connectivity index (χ0v) is 16.4. The average molecular weight is 382 g/mol. The molecule has 0 amide bonds. The van der Waals surface area contributed by atoms with E-state index < -0.39 is 0 Å². The van der Waals surface area contributed by atoms with Gasteiger partial charge in [-0.1, -0.05) is 0 Å². The normalized spacial score (nSPS) is 11.3. The highest BCUT2D eigenvalue weighted by Gasteiger charge is 2.10. The first-order chi connectivity index (χ1) is 13.1. The SMILES string of the molecule is Cc1cc(CN=Nc2cc(-c3ccncc3)nc(N(C)CCO)n2)sc1C. The Kier molecular flexibility index (Phi) is 6.20. The van der Waals surface area contributed by atoms with Crippen LogP contribution >= 0.6 is 11.3 Å². The summed E-state index contributed by atoms with van der Waals surface area (Å²) in [4.78, 5) is 17.4. The topological polar surface area (TPSA) is 86.9 Å². The van der Waals surface area contributed by atoms with Crippen molar-refractivity contribution in [3.05, 3.63) is 52.0 Å². The van der Waals surface area contributed by atoms with Gasteiger partial charge in [0, 0.05) is 47.4 Å². The fourth-order valence-corrected chi connectivity index (χ4v) is 3.44. The molecule has 0 atom stereocenters. The van der Waals surface area contributed by atoms with Gasteiger partial charge in [0.25, 0.3) is 0 Å². The molecule has 3 aromatic rings. The molecule has 0 aliphatic rings. The van der Waals surface area contributed by atoms with Crippen molar-refractivity contribution in [1.29, 1.82) is 0 Å². The Bertz CT molecular complexity index is 906. The molecule has 1 N–H and O–H groups in total. The van der Waals surface area contributed by atoms with Crippen molar-refractivity contribution in [2.75, 3.05) is 25.1 Å². The summed E-state index contributed by atoms with van der Waals surface area (Å²) in [5, 5.41) is 17.8. The lowest BCUT2D eigenvalue weighted by Crippen LogP contribution is -2.23. The summed E-state index contributed by atoms with van der Waals surface area (Å²) >= 11 is 1.73. The number of aliphatic hydroxyl groups excluding tert-OH is 1. The molecular weight excluding hydrogens is 360 g/mol. The van der Waals surface area contributed by atoms with Gasteiger partial charge in [-0.25, -0.2) is 4.98 Å². The van der Waals surface area contributed by atoms with E-state index in [1.54, 1.807) is 34.7 Å². The highest BCUT2D eigenvalue weighted by molar-refractivity contribution is 7.12. The number of aromatic nitrogens is 3. The van der Waals surface area contributed by atoms with Gasteiger partial charge in [0.05, 0.1) is 18.8 Å². The summed E-state index contributed by atoms with van der Waals surface area (Å²) in [5.41, 5.74) is 2.94. The van der Waals surface area contributed by atoms with E-state index in [1.807, 2.05) is 19.2 Å². The van der Waals surface area contributed by atoms with E-state index >= 15 is 0 Å². The minimum Gasteiger partial charge on any atom is -0.395 e. The second-order valence-electron chi connectivity index (χ2n) is 6.14. The second kappa shape index (κ2) is 8.79. The number of aliphatic hydroxyl groups is 1. The number of thiophene rings is 1. The van der Waals surface area contributed by atoms with E-state index in [2.05, 4.69) is 45.1 Å². The number of nitrogens with zero attached hydrogens (tertiary/aromatic N) is 6. The van der Waals surface area contributed by atoms with Crippen LogP contribution in [0.2, 0.25) is 0 Å². The molecule has 0 bridgehead atoms. The number of likely N-dealkylation sites (N-methyl/N-ethyl adjacent to an activating group) is 1. The van der Waals surface area contributed by atoms with Gasteiger partial charge >= 0.3 is 0 Å². The first kappa shape index (κ1) is 19.1. The molecule has 3 rings (SSSR count). The van der Waals surface area contributed by atoms with Gasteiger partial charge in [-0.2, -0.15) is 10.1 Å². The number of hydrogen-bond acceptors (Lipinski definition) is 8. The van der Waals surface area contributed by atoms with Crippen molar-refractivity contribution in [3.63, 3.8) is 0 Å². The Balaban J connectivity index is 1.88. The molecule has 27 heavy (non-hydrogen) atoms. The van der Waals surface area contributed by atoms with Crippen LogP contribution < -0.4 is 4.90 Å². The smallest absolute Gasteiger partial charge is 0.227 e. The van der Waals surface area contributed by atoms with Crippen molar-refractivity contribution < 1.29 is 5.11 Å². The van der Waals surface area contributed by atoms with Crippen LogP contribution in [0.5, 0.6) is 0 Å². The first-order valence-corrected chi connectivity index (χ1v) is 9.43. The monoisotopic (exact) mass is 382 g/mol. The molecule has 0 aliphatic carbocycles. The van der Waals surface area contributed by atoms with E-state index in [4.69, 9.17) is 0 Å². The molecule has 0 unspecified atom stereocenters. The maximum absolute atomic E-state index is 9.20. The van der Waals surface area contributed by atoms with Crippen LogP contribution in [0.4, 0.5) is 11.8 Å². The Morgan fingerprint density at radius 1 is 1.15 bits per heavy atom. The van der Waals surface area contributed by atoms with Crippen molar-refractivity contribution in [2.24, 2.45) is 10.2 Å². The molecule has 0 aromatic carbocycles. The Morgan fingerprint density at radius 2 is 1.93 bits per heavy atom. The van der Waals surface area contributed by atoms with Gasteiger partial charge in [0.15, 0.2) is 5.82 Å². The van der Waals surface area contributed by atoms with E-state index in [0.29, 0.717) is 24.9 Å². The molecule has 140 valence electrons. The van der Waals surface area contributed by atoms with Crippen molar-refractivity contribution in [2.45, 2.75) is 20.4 Å². The van der Waals surface area contributed by atoms with Gasteiger partial charge < -0.3 is 10.0 Å². The molecule has 0 aliphatic heterocycles. The number of anilines is 1. The van der Waals surface area contributed by atoms with Crippen molar-refractivity contribution >= 4 is 23.1 Å². The van der Waals surface area contributed by atoms with Gasteiger partial charge in [0.1, 0.15) is 0 Å². The van der Waals surface area contributed by atoms with Crippen LogP contribution in [0.25, 0.3) is 11.3 Å². The molecule has 0 radical (unpaired) electrons. The molecule has 0 fully saturated rings. The molecule has 3 heterocycles. The molecule has 0 saturated heterocycles. The lowest BCUT2D eigenvalue weighted by molar-refractivity contribution is 0.303. The molecule has 7 nitrogen and oxygen atoms in total. The quantitative estimate of drug-likeness (QED) is 0.626. The van der Waals surface area contributed by atoms with Crippen LogP contribution in [0.15, 0.2) is 46.9 Å². The molecule has 0 saturated carbocycles. The largest absolute Gasteiger partial charge is 0.395 e. The third kappa shape index (κ3) is 4.93. The highest BCUT2D eigenvalue weighted by Crippen LogP contribution is 2.25. The van der Waals surface area contributed by atoms with Crippen LogP contribution in [-0.2, 0) is 6.54 Å². The van der Waals surface area contributed by atoms with Gasteiger partial charge in [-0.05, 0) is 37.6 Å². The fourth-order valence-electron chi connectivity index (χ4n) is 2.47. The molecular formula is C19H22N6OS. The fraction of sp³-hybridized carbons (Fsp3) is 0.316. The zero-order valence-electron chi connectivity index (χ0n) is 15.6. The van der Waals surface area contributed by atoms with Crippen molar-refractivity contribution in [3.8, 4) is 11.3 Å². The van der Waals surface area contributed by atoms with Crippen LogP contribution in [0.3, 0.4) is 0 Å². The Morgan fingerprint density at radius 3 is 2.59 bits per heavy atom. The minimum atomic E-state index is 0.0211. The highest BCUT2D eigenvalue weighted by atomic mass is 32.1. The zero-order chi connectivity index (χ0) is 19.2. The molecule has 3 aromatic heterocycles. The summed E-state index contributed by atoms with van der Waals surface area (Å²) in [6, 6.07) is 7.72. The van der Waals surface area contributed by atoms with E-state index in [-0.39, 0.29) is 6.61 Å². The van der Waals surface area contributed by atoms with Crippen LogP contribution in [0.1, 0.15) is 15.3 Å². The van der Waals surface area contributed by atoms with Crippen molar-refractivity contribution in [1.82, 2.24) is 15.0 Å². The standard InChI is InChI=1S/C19H22N6OS/c1-13-10-16(27-14(13)2)12-21-24-18-11-17(15-4-6-20-7-5-15)22-19(23-18)25(3)8-9-26/h4-7,10-11,26H,8-9,12H2,1-3H3. The van der Waals surface area contributed by atoms with Gasteiger partial charge in [-0.3, -0.25) is 4.98 Å². The number of aryl methyl sites for hydroxylation is 2. The Labute approximate surface area is 162 Å². The second-order valence-corrected chi connectivity index (χ2v) is 7.48.